The molecule has 3 nitrogen and oxygen atoms in total. The summed E-state index contributed by atoms with van der Waals surface area (Å²) in [6.45, 7) is 0. The summed E-state index contributed by atoms with van der Waals surface area (Å²) in [5.41, 5.74) is 3.57. The lowest BCUT2D eigenvalue weighted by atomic mass is 10.1. The second-order valence-corrected chi connectivity index (χ2v) is 4.58. The molecule has 0 radical (unpaired) electrons. The first-order valence-corrected chi connectivity index (χ1v) is 6.50. The number of aromatic nitrogens is 3. The Balaban J connectivity index is 2.32. The fraction of sp³-hybridized carbons (Fsp3) is 0.0769. The molecule has 0 saturated carbocycles. The standard InChI is InChI=1S/C13H10ClN3S/c14-11-5-2-1-4-9(11)12-10(8-18)13-15-6-3-7-17(13)16-12/h1-7,18H,8H2. The Morgan fingerprint density at radius 2 is 2.06 bits per heavy atom. The van der Waals surface area contributed by atoms with Gasteiger partial charge in [-0.3, -0.25) is 0 Å². The van der Waals surface area contributed by atoms with Gasteiger partial charge in [-0.25, -0.2) is 9.50 Å². The summed E-state index contributed by atoms with van der Waals surface area (Å²) in [6.07, 6.45) is 3.62. The lowest BCUT2D eigenvalue weighted by Crippen LogP contribution is -1.87. The molecular formula is C13H10ClN3S. The van der Waals surface area contributed by atoms with Crippen LogP contribution in [-0.4, -0.2) is 14.6 Å². The van der Waals surface area contributed by atoms with Crippen LogP contribution in [0.5, 0.6) is 0 Å². The van der Waals surface area contributed by atoms with E-state index in [0.29, 0.717) is 10.8 Å². The molecule has 0 spiro atoms. The van der Waals surface area contributed by atoms with Crippen molar-refractivity contribution in [1.29, 1.82) is 0 Å². The van der Waals surface area contributed by atoms with Crippen LogP contribution in [0.4, 0.5) is 0 Å². The zero-order valence-corrected chi connectivity index (χ0v) is 11.1. The number of fused-ring (bicyclic) bond motifs is 1. The van der Waals surface area contributed by atoms with Crippen LogP contribution in [-0.2, 0) is 5.75 Å². The van der Waals surface area contributed by atoms with Crippen LogP contribution >= 0.6 is 24.2 Å². The van der Waals surface area contributed by atoms with Gasteiger partial charge in [0.1, 0.15) is 5.69 Å². The highest BCUT2D eigenvalue weighted by Crippen LogP contribution is 2.31. The van der Waals surface area contributed by atoms with Gasteiger partial charge in [-0.2, -0.15) is 17.7 Å². The van der Waals surface area contributed by atoms with Crippen LogP contribution < -0.4 is 0 Å². The van der Waals surface area contributed by atoms with Gasteiger partial charge in [0.2, 0.25) is 0 Å². The maximum atomic E-state index is 6.22. The highest BCUT2D eigenvalue weighted by molar-refractivity contribution is 7.79. The van der Waals surface area contributed by atoms with Crippen molar-refractivity contribution in [3.8, 4) is 11.3 Å². The van der Waals surface area contributed by atoms with Gasteiger partial charge in [0.15, 0.2) is 5.65 Å². The molecule has 0 aliphatic rings. The van der Waals surface area contributed by atoms with Gasteiger partial charge in [-0.1, -0.05) is 29.8 Å². The lowest BCUT2D eigenvalue weighted by Gasteiger charge is -2.01. The van der Waals surface area contributed by atoms with Crippen LogP contribution in [0.25, 0.3) is 16.9 Å². The predicted molar refractivity (Wildman–Crippen MR) is 76.1 cm³/mol. The Hall–Kier alpha value is -1.52. The van der Waals surface area contributed by atoms with E-state index in [1.807, 2.05) is 36.5 Å². The zero-order chi connectivity index (χ0) is 12.5. The number of nitrogens with zero attached hydrogens (tertiary/aromatic N) is 3. The number of hydrogen-bond acceptors (Lipinski definition) is 3. The largest absolute Gasteiger partial charge is 0.237 e. The van der Waals surface area contributed by atoms with Gasteiger partial charge in [0.05, 0.1) is 5.02 Å². The van der Waals surface area contributed by atoms with Gasteiger partial charge in [0, 0.05) is 29.3 Å². The predicted octanol–water partition coefficient (Wildman–Crippen LogP) is 3.48. The topological polar surface area (TPSA) is 30.2 Å². The molecule has 0 fully saturated rings. The lowest BCUT2D eigenvalue weighted by molar-refractivity contribution is 0.943. The number of rotatable bonds is 2. The summed E-state index contributed by atoms with van der Waals surface area (Å²) in [7, 11) is 0. The molecule has 1 aromatic carbocycles. The molecule has 0 saturated heterocycles. The van der Waals surface area contributed by atoms with E-state index in [2.05, 4.69) is 22.7 Å². The van der Waals surface area contributed by atoms with E-state index in [1.165, 1.54) is 0 Å². The molecule has 0 unspecified atom stereocenters. The van der Waals surface area contributed by atoms with E-state index in [9.17, 15) is 0 Å². The molecule has 90 valence electrons. The summed E-state index contributed by atoms with van der Waals surface area (Å²) in [4.78, 5) is 4.34. The van der Waals surface area contributed by atoms with Crippen molar-refractivity contribution in [3.05, 3.63) is 53.3 Å². The number of benzene rings is 1. The molecule has 0 aliphatic heterocycles. The second-order valence-electron chi connectivity index (χ2n) is 3.85. The Kier molecular flexibility index (Phi) is 2.97. The fourth-order valence-corrected chi connectivity index (χ4v) is 2.47. The van der Waals surface area contributed by atoms with E-state index in [4.69, 9.17) is 11.6 Å². The second kappa shape index (κ2) is 4.63. The van der Waals surface area contributed by atoms with E-state index < -0.39 is 0 Å². The Bertz CT molecular complexity index is 708. The van der Waals surface area contributed by atoms with E-state index in [-0.39, 0.29) is 0 Å². The van der Waals surface area contributed by atoms with Crippen molar-refractivity contribution < 1.29 is 0 Å². The maximum Gasteiger partial charge on any atom is 0.159 e. The molecule has 0 atom stereocenters. The summed E-state index contributed by atoms with van der Waals surface area (Å²) >= 11 is 10.6. The van der Waals surface area contributed by atoms with Crippen LogP contribution in [0.2, 0.25) is 5.02 Å². The molecule has 2 aromatic heterocycles. The van der Waals surface area contributed by atoms with Crippen molar-refractivity contribution in [3.63, 3.8) is 0 Å². The summed E-state index contributed by atoms with van der Waals surface area (Å²) in [5, 5.41) is 5.22. The van der Waals surface area contributed by atoms with Crippen molar-refractivity contribution in [2.45, 2.75) is 5.75 Å². The Morgan fingerprint density at radius 1 is 1.22 bits per heavy atom. The van der Waals surface area contributed by atoms with Gasteiger partial charge >= 0.3 is 0 Å². The van der Waals surface area contributed by atoms with Crippen LogP contribution in [0.1, 0.15) is 5.56 Å². The van der Waals surface area contributed by atoms with Crippen LogP contribution in [0.15, 0.2) is 42.7 Å². The van der Waals surface area contributed by atoms with Crippen LogP contribution in [0.3, 0.4) is 0 Å². The molecule has 0 aliphatic carbocycles. The van der Waals surface area contributed by atoms with Gasteiger partial charge in [0.25, 0.3) is 0 Å². The third-order valence-electron chi connectivity index (χ3n) is 2.78. The quantitative estimate of drug-likeness (QED) is 0.726. The van der Waals surface area contributed by atoms with E-state index >= 15 is 0 Å². The molecule has 18 heavy (non-hydrogen) atoms. The SMILES string of the molecule is SCc1c(-c2ccccc2Cl)nn2cccnc12. The smallest absolute Gasteiger partial charge is 0.159 e. The average molecular weight is 276 g/mol. The van der Waals surface area contributed by atoms with Crippen molar-refractivity contribution in [2.75, 3.05) is 0 Å². The molecule has 0 bridgehead atoms. The first-order chi connectivity index (χ1) is 8.81. The minimum absolute atomic E-state index is 0.571. The number of hydrogen-bond donors (Lipinski definition) is 1. The van der Waals surface area contributed by atoms with Gasteiger partial charge in [-0.15, -0.1) is 0 Å². The maximum absolute atomic E-state index is 6.22. The summed E-state index contributed by atoms with van der Waals surface area (Å²) < 4.78 is 1.75. The molecule has 2 heterocycles. The van der Waals surface area contributed by atoms with E-state index in [1.54, 1.807) is 10.7 Å². The third kappa shape index (κ3) is 1.78. The third-order valence-corrected chi connectivity index (χ3v) is 3.42. The van der Waals surface area contributed by atoms with Crippen molar-refractivity contribution in [2.24, 2.45) is 0 Å². The first-order valence-electron chi connectivity index (χ1n) is 5.49. The average Bonchev–Trinajstić information content (AvgIpc) is 2.77. The minimum Gasteiger partial charge on any atom is -0.237 e. The van der Waals surface area contributed by atoms with E-state index in [0.717, 1.165) is 22.5 Å². The summed E-state index contributed by atoms with van der Waals surface area (Å²) in [5.74, 6) is 0.571. The van der Waals surface area contributed by atoms with Gasteiger partial charge < -0.3 is 0 Å². The highest BCUT2D eigenvalue weighted by Gasteiger charge is 2.15. The Morgan fingerprint density at radius 3 is 2.83 bits per heavy atom. The summed E-state index contributed by atoms with van der Waals surface area (Å²) in [6, 6.07) is 9.51. The minimum atomic E-state index is 0.571. The molecule has 3 aromatic rings. The molecule has 0 amide bonds. The fourth-order valence-electron chi connectivity index (χ4n) is 1.95. The first kappa shape index (κ1) is 11.6. The molecule has 3 rings (SSSR count). The van der Waals surface area contributed by atoms with Crippen molar-refractivity contribution >= 4 is 29.9 Å². The number of thiol groups is 1. The Labute approximate surface area is 115 Å². The zero-order valence-electron chi connectivity index (χ0n) is 9.42. The number of halogens is 1. The molecule has 5 heteroatoms. The molecular weight excluding hydrogens is 266 g/mol. The van der Waals surface area contributed by atoms with Crippen LogP contribution in [0, 0.1) is 0 Å². The normalized spacial score (nSPS) is 11.0. The van der Waals surface area contributed by atoms with Gasteiger partial charge in [-0.05, 0) is 12.1 Å². The molecule has 0 N–H and O–H groups in total. The highest BCUT2D eigenvalue weighted by atomic mass is 35.5. The monoisotopic (exact) mass is 275 g/mol. The van der Waals surface area contributed by atoms with Crippen molar-refractivity contribution in [1.82, 2.24) is 14.6 Å².